The smallest absolute Gasteiger partial charge is 0.183 e. The van der Waals surface area contributed by atoms with Crippen LogP contribution in [0.3, 0.4) is 0 Å². The Morgan fingerprint density at radius 2 is 1.38 bits per heavy atom. The van der Waals surface area contributed by atoms with E-state index in [1.54, 1.807) is 0 Å². The van der Waals surface area contributed by atoms with Gasteiger partial charge < -0.3 is 9.47 Å². The maximum absolute atomic E-state index is 5.49. The minimum absolute atomic E-state index is 0.217. The first-order valence-electron chi connectivity index (χ1n) is 6.07. The van der Waals surface area contributed by atoms with Gasteiger partial charge in [0.1, 0.15) is 0 Å². The van der Waals surface area contributed by atoms with Crippen LogP contribution in [0.1, 0.15) is 45.1 Å². The highest BCUT2D eigenvalue weighted by molar-refractivity contribution is 5.22. The fourth-order valence-electron chi connectivity index (χ4n) is 1.27. The molecule has 0 atom stereocenters. The van der Waals surface area contributed by atoms with Crippen LogP contribution < -0.4 is 0 Å². The number of aryl methyl sites for hydroxylation is 1. The van der Waals surface area contributed by atoms with E-state index in [-0.39, 0.29) is 6.29 Å². The number of ether oxygens (including phenoxy) is 2. The molecule has 1 aromatic carbocycles. The summed E-state index contributed by atoms with van der Waals surface area (Å²) in [4.78, 5) is 0. The molecule has 0 fully saturated rings. The van der Waals surface area contributed by atoms with Crippen LogP contribution in [-0.2, 0) is 9.47 Å². The highest BCUT2D eigenvalue weighted by atomic mass is 16.7. The van der Waals surface area contributed by atoms with Crippen LogP contribution in [0.25, 0.3) is 0 Å². The molecule has 2 heteroatoms. The van der Waals surface area contributed by atoms with E-state index in [9.17, 15) is 0 Å². The molecule has 0 saturated carbocycles. The van der Waals surface area contributed by atoms with Crippen LogP contribution in [0.5, 0.6) is 0 Å². The average Bonchev–Trinajstić information content (AvgIpc) is 2.32. The van der Waals surface area contributed by atoms with Gasteiger partial charge in [0.25, 0.3) is 0 Å². The predicted molar refractivity (Wildman–Crippen MR) is 68.5 cm³/mol. The van der Waals surface area contributed by atoms with Crippen LogP contribution in [0.2, 0.25) is 0 Å². The third-order valence-electron chi connectivity index (χ3n) is 1.99. The Labute approximate surface area is 99.6 Å². The van der Waals surface area contributed by atoms with Crippen LogP contribution >= 0.6 is 0 Å². The Hall–Kier alpha value is -0.860. The second-order valence-electron chi connectivity index (χ2n) is 3.15. The first-order valence-corrected chi connectivity index (χ1v) is 6.07. The monoisotopic (exact) mass is 224 g/mol. The molecule has 1 rings (SSSR count). The summed E-state index contributed by atoms with van der Waals surface area (Å²) in [7, 11) is 0. The topological polar surface area (TPSA) is 18.5 Å². The van der Waals surface area contributed by atoms with Crippen molar-refractivity contribution in [1.29, 1.82) is 0 Å². The number of benzene rings is 1. The minimum atomic E-state index is -0.217. The lowest BCUT2D eigenvalue weighted by molar-refractivity contribution is -0.140. The van der Waals surface area contributed by atoms with Gasteiger partial charge in [-0.05, 0) is 20.8 Å². The first kappa shape index (κ1) is 15.1. The first-order chi connectivity index (χ1) is 7.77. The van der Waals surface area contributed by atoms with E-state index in [0.29, 0.717) is 13.2 Å². The molecule has 0 aliphatic rings. The number of hydrogen-bond acceptors (Lipinski definition) is 2. The molecule has 92 valence electrons. The summed E-state index contributed by atoms with van der Waals surface area (Å²) in [6, 6.07) is 8.23. The van der Waals surface area contributed by atoms with Crippen molar-refractivity contribution in [3.8, 4) is 0 Å². The van der Waals surface area contributed by atoms with Gasteiger partial charge in [-0.25, -0.2) is 0 Å². The molecule has 0 saturated heterocycles. The van der Waals surface area contributed by atoms with Gasteiger partial charge in [-0.3, -0.25) is 0 Å². The van der Waals surface area contributed by atoms with Crippen LogP contribution in [0, 0.1) is 6.92 Å². The van der Waals surface area contributed by atoms with Gasteiger partial charge in [-0.15, -0.1) is 0 Å². The summed E-state index contributed by atoms with van der Waals surface area (Å²) in [5.74, 6) is 0. The van der Waals surface area contributed by atoms with Gasteiger partial charge in [-0.1, -0.05) is 43.7 Å². The molecule has 0 spiro atoms. The number of rotatable bonds is 5. The number of hydrogen-bond donors (Lipinski definition) is 0. The predicted octanol–water partition coefficient (Wildman–Crippen LogP) is 4.09. The lowest BCUT2D eigenvalue weighted by Crippen LogP contribution is -2.08. The van der Waals surface area contributed by atoms with Gasteiger partial charge in [0.15, 0.2) is 6.29 Å². The Morgan fingerprint density at radius 3 is 1.75 bits per heavy atom. The van der Waals surface area contributed by atoms with Crippen molar-refractivity contribution >= 4 is 0 Å². The molecule has 0 aromatic heterocycles. The average molecular weight is 224 g/mol. The molecule has 0 heterocycles. The van der Waals surface area contributed by atoms with Gasteiger partial charge in [-0.2, -0.15) is 0 Å². The molecule has 0 unspecified atom stereocenters. The van der Waals surface area contributed by atoms with E-state index in [1.807, 2.05) is 39.8 Å². The molecule has 0 amide bonds. The third kappa shape index (κ3) is 5.29. The summed E-state index contributed by atoms with van der Waals surface area (Å²) < 4.78 is 11.0. The van der Waals surface area contributed by atoms with Crippen molar-refractivity contribution in [2.24, 2.45) is 0 Å². The largest absolute Gasteiger partial charge is 0.349 e. The summed E-state index contributed by atoms with van der Waals surface area (Å²) in [6.07, 6.45) is -0.217. The van der Waals surface area contributed by atoms with Crippen molar-refractivity contribution in [3.05, 3.63) is 35.4 Å². The standard InChI is InChI=1S/C12H18O2.C2H6/c1-4-13-12(14-5-2)11-8-6-10(3)7-9-11;1-2/h6-9,12H,4-5H2,1-3H3;1-2H3. The maximum atomic E-state index is 5.49. The Morgan fingerprint density at radius 1 is 0.938 bits per heavy atom. The van der Waals surface area contributed by atoms with E-state index >= 15 is 0 Å². The van der Waals surface area contributed by atoms with Crippen molar-refractivity contribution in [3.63, 3.8) is 0 Å². The molecular formula is C14H24O2. The fraction of sp³-hybridized carbons (Fsp3) is 0.571. The molecule has 16 heavy (non-hydrogen) atoms. The van der Waals surface area contributed by atoms with Crippen molar-refractivity contribution < 1.29 is 9.47 Å². The molecule has 0 radical (unpaired) electrons. The van der Waals surface area contributed by atoms with Gasteiger partial charge >= 0.3 is 0 Å². The maximum Gasteiger partial charge on any atom is 0.183 e. The second kappa shape index (κ2) is 9.37. The van der Waals surface area contributed by atoms with E-state index in [0.717, 1.165) is 5.56 Å². The minimum Gasteiger partial charge on any atom is -0.349 e. The molecule has 0 aliphatic heterocycles. The van der Waals surface area contributed by atoms with Crippen molar-refractivity contribution in [2.75, 3.05) is 13.2 Å². The summed E-state index contributed by atoms with van der Waals surface area (Å²) in [5, 5.41) is 0. The van der Waals surface area contributed by atoms with Gasteiger partial charge in [0, 0.05) is 18.8 Å². The molecule has 0 bridgehead atoms. The lowest BCUT2D eigenvalue weighted by atomic mass is 10.1. The zero-order chi connectivity index (χ0) is 12.4. The van der Waals surface area contributed by atoms with E-state index in [1.165, 1.54) is 5.56 Å². The van der Waals surface area contributed by atoms with E-state index < -0.39 is 0 Å². The van der Waals surface area contributed by atoms with Crippen LogP contribution in [0.15, 0.2) is 24.3 Å². The fourth-order valence-corrected chi connectivity index (χ4v) is 1.27. The van der Waals surface area contributed by atoms with Gasteiger partial charge in [0.05, 0.1) is 0 Å². The van der Waals surface area contributed by atoms with E-state index in [4.69, 9.17) is 9.47 Å². The zero-order valence-corrected chi connectivity index (χ0v) is 11.1. The third-order valence-corrected chi connectivity index (χ3v) is 1.99. The summed E-state index contributed by atoms with van der Waals surface area (Å²) in [6.45, 7) is 11.3. The quantitative estimate of drug-likeness (QED) is 0.701. The second-order valence-corrected chi connectivity index (χ2v) is 3.15. The van der Waals surface area contributed by atoms with Gasteiger partial charge in [0.2, 0.25) is 0 Å². The van der Waals surface area contributed by atoms with Crippen LogP contribution in [0.4, 0.5) is 0 Å². The van der Waals surface area contributed by atoms with Crippen molar-refractivity contribution in [1.82, 2.24) is 0 Å². The Kier molecular flexibility index (Phi) is 8.87. The molecule has 1 aromatic rings. The van der Waals surface area contributed by atoms with Crippen molar-refractivity contribution in [2.45, 2.75) is 40.9 Å². The highest BCUT2D eigenvalue weighted by Crippen LogP contribution is 2.18. The zero-order valence-electron chi connectivity index (χ0n) is 11.1. The molecule has 2 nitrogen and oxygen atoms in total. The Balaban J connectivity index is 0.00000106. The molecular weight excluding hydrogens is 200 g/mol. The van der Waals surface area contributed by atoms with E-state index in [2.05, 4.69) is 19.1 Å². The summed E-state index contributed by atoms with van der Waals surface area (Å²) >= 11 is 0. The summed E-state index contributed by atoms with van der Waals surface area (Å²) in [5.41, 5.74) is 2.33. The molecule has 0 N–H and O–H groups in total. The Bertz CT molecular complexity index is 248. The lowest BCUT2D eigenvalue weighted by Gasteiger charge is -2.17. The highest BCUT2D eigenvalue weighted by Gasteiger charge is 2.09. The van der Waals surface area contributed by atoms with Crippen LogP contribution in [-0.4, -0.2) is 13.2 Å². The normalized spacial score (nSPS) is 9.88. The molecule has 0 aliphatic carbocycles. The SMILES string of the molecule is CC.CCOC(OCC)c1ccc(C)cc1.